The third kappa shape index (κ3) is 3.72. The second-order valence-corrected chi connectivity index (χ2v) is 7.34. The van der Waals surface area contributed by atoms with Crippen molar-refractivity contribution in [3.05, 3.63) is 94.0 Å². The molecule has 3 aromatic carbocycles. The summed E-state index contributed by atoms with van der Waals surface area (Å²) in [5.41, 5.74) is 4.57. The van der Waals surface area contributed by atoms with Crippen molar-refractivity contribution in [2.45, 2.75) is 6.92 Å². The number of aromatic nitrogens is 1. The molecule has 3 nitrogen and oxygen atoms in total. The summed E-state index contributed by atoms with van der Waals surface area (Å²) < 4.78 is 0. The first-order valence-corrected chi connectivity index (χ1v) is 9.50. The summed E-state index contributed by atoms with van der Waals surface area (Å²) in [5, 5.41) is 4.68. The molecule has 4 aromatic rings. The third-order valence-electron chi connectivity index (χ3n) is 4.45. The van der Waals surface area contributed by atoms with Crippen LogP contribution in [0.1, 0.15) is 15.9 Å². The molecular weight excluding hydrogens is 391 g/mol. The topological polar surface area (TPSA) is 42.0 Å². The van der Waals surface area contributed by atoms with Crippen molar-refractivity contribution in [1.82, 2.24) is 4.98 Å². The molecule has 0 bridgehead atoms. The Bertz CT molecular complexity index is 1200. The number of pyridine rings is 1. The van der Waals surface area contributed by atoms with Gasteiger partial charge in [0.05, 0.1) is 26.8 Å². The van der Waals surface area contributed by atoms with E-state index in [1.807, 2.05) is 61.5 Å². The van der Waals surface area contributed by atoms with E-state index in [1.54, 1.807) is 18.2 Å². The summed E-state index contributed by atoms with van der Waals surface area (Å²) in [7, 11) is 0. The van der Waals surface area contributed by atoms with Gasteiger partial charge in [0.2, 0.25) is 0 Å². The molecule has 1 heterocycles. The number of nitrogens with one attached hydrogen (secondary N) is 1. The molecule has 1 amide bonds. The van der Waals surface area contributed by atoms with Crippen molar-refractivity contribution in [3.63, 3.8) is 0 Å². The van der Waals surface area contributed by atoms with Gasteiger partial charge >= 0.3 is 0 Å². The van der Waals surface area contributed by atoms with E-state index in [9.17, 15) is 4.79 Å². The normalized spacial score (nSPS) is 10.8. The highest BCUT2D eigenvalue weighted by Crippen LogP contribution is 2.30. The van der Waals surface area contributed by atoms with Crippen molar-refractivity contribution in [1.29, 1.82) is 0 Å². The maximum absolute atomic E-state index is 13.1. The summed E-state index contributed by atoms with van der Waals surface area (Å²) >= 11 is 12.2. The molecule has 0 saturated heterocycles. The average Bonchev–Trinajstić information content (AvgIpc) is 2.69. The van der Waals surface area contributed by atoms with Gasteiger partial charge in [-0.2, -0.15) is 0 Å². The Morgan fingerprint density at radius 2 is 1.71 bits per heavy atom. The van der Waals surface area contributed by atoms with Crippen molar-refractivity contribution in [2.24, 2.45) is 0 Å². The lowest BCUT2D eigenvalue weighted by molar-refractivity contribution is 0.102. The summed E-state index contributed by atoms with van der Waals surface area (Å²) in [5.74, 6) is -0.189. The van der Waals surface area contributed by atoms with E-state index in [0.717, 1.165) is 27.7 Å². The van der Waals surface area contributed by atoms with Crippen molar-refractivity contribution in [3.8, 4) is 11.3 Å². The minimum absolute atomic E-state index is 0.189. The number of carbonyl (C=O) groups is 1. The molecule has 0 atom stereocenters. The predicted molar refractivity (Wildman–Crippen MR) is 116 cm³/mol. The summed E-state index contributed by atoms with van der Waals surface area (Å²) in [6.07, 6.45) is 0. The monoisotopic (exact) mass is 406 g/mol. The van der Waals surface area contributed by atoms with Gasteiger partial charge < -0.3 is 5.32 Å². The number of rotatable bonds is 3. The number of carbonyl (C=O) groups excluding carboxylic acids is 1. The van der Waals surface area contributed by atoms with Crippen molar-refractivity contribution < 1.29 is 4.79 Å². The Morgan fingerprint density at radius 1 is 0.893 bits per heavy atom. The minimum Gasteiger partial charge on any atom is -0.322 e. The molecule has 0 unspecified atom stereocenters. The number of aryl methyl sites for hydroxylation is 1. The van der Waals surface area contributed by atoms with Crippen LogP contribution in [0.4, 0.5) is 5.69 Å². The lowest BCUT2D eigenvalue weighted by Gasteiger charge is -2.11. The molecular formula is C23H16Cl2N2O. The standard InChI is InChI=1S/C23H16Cl2N2O/c1-14-5-4-6-16(11-14)26-23(28)18-13-22(15-9-10-19(24)20(25)12-15)27-21-8-3-2-7-17(18)21/h2-13H,1H3,(H,26,28). The molecule has 1 aromatic heterocycles. The van der Waals surface area contributed by atoms with E-state index in [4.69, 9.17) is 28.2 Å². The van der Waals surface area contributed by atoms with Crippen LogP contribution in [0.15, 0.2) is 72.8 Å². The lowest BCUT2D eigenvalue weighted by Crippen LogP contribution is -2.13. The zero-order valence-electron chi connectivity index (χ0n) is 15.0. The van der Waals surface area contributed by atoms with Crippen LogP contribution in [-0.2, 0) is 0 Å². The zero-order valence-corrected chi connectivity index (χ0v) is 16.6. The van der Waals surface area contributed by atoms with Gasteiger partial charge in [0.25, 0.3) is 5.91 Å². The number of hydrogen-bond acceptors (Lipinski definition) is 2. The highest BCUT2D eigenvalue weighted by atomic mass is 35.5. The van der Waals surface area contributed by atoms with Crippen LogP contribution in [0.5, 0.6) is 0 Å². The highest BCUT2D eigenvalue weighted by Gasteiger charge is 2.15. The number of para-hydroxylation sites is 1. The Morgan fingerprint density at radius 3 is 2.50 bits per heavy atom. The molecule has 0 aliphatic carbocycles. The number of amides is 1. The van der Waals surface area contributed by atoms with Gasteiger partial charge in [-0.15, -0.1) is 0 Å². The second kappa shape index (κ2) is 7.63. The fraction of sp³-hybridized carbons (Fsp3) is 0.0435. The second-order valence-electron chi connectivity index (χ2n) is 6.52. The van der Waals surface area contributed by atoms with Crippen LogP contribution in [0.25, 0.3) is 22.2 Å². The summed E-state index contributed by atoms with van der Waals surface area (Å²) in [6.45, 7) is 1.99. The molecule has 0 fully saturated rings. The van der Waals surface area contributed by atoms with Crippen LogP contribution < -0.4 is 5.32 Å². The molecule has 0 saturated carbocycles. The van der Waals surface area contributed by atoms with Gasteiger partial charge in [0, 0.05) is 16.6 Å². The molecule has 4 rings (SSSR count). The molecule has 0 spiro atoms. The lowest BCUT2D eigenvalue weighted by atomic mass is 10.0. The number of nitrogens with zero attached hydrogens (tertiary/aromatic N) is 1. The fourth-order valence-electron chi connectivity index (χ4n) is 3.09. The molecule has 1 N–H and O–H groups in total. The van der Waals surface area contributed by atoms with Gasteiger partial charge in [-0.1, -0.05) is 59.6 Å². The number of hydrogen-bond donors (Lipinski definition) is 1. The smallest absolute Gasteiger partial charge is 0.256 e. The first-order chi connectivity index (χ1) is 13.5. The predicted octanol–water partition coefficient (Wildman–Crippen LogP) is 6.77. The summed E-state index contributed by atoms with van der Waals surface area (Å²) in [6, 6.07) is 22.4. The number of benzene rings is 3. The summed E-state index contributed by atoms with van der Waals surface area (Å²) in [4.78, 5) is 17.8. The van der Waals surface area contributed by atoms with E-state index >= 15 is 0 Å². The van der Waals surface area contributed by atoms with Gasteiger partial charge in [0.15, 0.2) is 0 Å². The Kier molecular flexibility index (Phi) is 5.03. The largest absolute Gasteiger partial charge is 0.322 e. The molecule has 5 heteroatoms. The maximum Gasteiger partial charge on any atom is 0.256 e. The van der Waals surface area contributed by atoms with Crippen molar-refractivity contribution >= 4 is 45.7 Å². The number of anilines is 1. The minimum atomic E-state index is -0.189. The Labute approximate surface area is 172 Å². The van der Waals surface area contributed by atoms with Crippen molar-refractivity contribution in [2.75, 3.05) is 5.32 Å². The number of fused-ring (bicyclic) bond motifs is 1. The van der Waals surface area contributed by atoms with Gasteiger partial charge in [-0.25, -0.2) is 4.98 Å². The highest BCUT2D eigenvalue weighted by molar-refractivity contribution is 6.42. The fourth-order valence-corrected chi connectivity index (χ4v) is 3.39. The van der Waals surface area contributed by atoms with Crippen LogP contribution in [0.3, 0.4) is 0 Å². The van der Waals surface area contributed by atoms with E-state index in [2.05, 4.69) is 5.32 Å². The SMILES string of the molecule is Cc1cccc(NC(=O)c2cc(-c3ccc(Cl)c(Cl)c3)nc3ccccc23)c1. The van der Waals surface area contributed by atoms with E-state index < -0.39 is 0 Å². The maximum atomic E-state index is 13.1. The molecule has 28 heavy (non-hydrogen) atoms. The molecule has 0 aliphatic rings. The molecule has 0 aliphatic heterocycles. The first-order valence-electron chi connectivity index (χ1n) is 8.74. The Hall–Kier alpha value is -2.88. The average molecular weight is 407 g/mol. The van der Waals surface area contributed by atoms with Crippen LogP contribution in [-0.4, -0.2) is 10.9 Å². The first kappa shape index (κ1) is 18.5. The van der Waals surface area contributed by atoms with E-state index in [-0.39, 0.29) is 5.91 Å². The van der Waals surface area contributed by atoms with Gasteiger partial charge in [-0.05, 0) is 48.9 Å². The molecule has 138 valence electrons. The number of halogens is 2. The van der Waals surface area contributed by atoms with Crippen LogP contribution in [0.2, 0.25) is 10.0 Å². The third-order valence-corrected chi connectivity index (χ3v) is 5.19. The van der Waals surface area contributed by atoms with E-state index in [0.29, 0.717) is 21.3 Å². The molecule has 0 radical (unpaired) electrons. The van der Waals surface area contributed by atoms with Crippen LogP contribution in [0, 0.1) is 6.92 Å². The van der Waals surface area contributed by atoms with E-state index in [1.165, 1.54) is 0 Å². The quantitative estimate of drug-likeness (QED) is 0.407. The Balaban J connectivity index is 1.82. The zero-order chi connectivity index (χ0) is 19.7. The van der Waals surface area contributed by atoms with Gasteiger partial charge in [0.1, 0.15) is 0 Å². The van der Waals surface area contributed by atoms with Crippen LogP contribution >= 0.6 is 23.2 Å². The van der Waals surface area contributed by atoms with Gasteiger partial charge in [-0.3, -0.25) is 4.79 Å².